The summed E-state index contributed by atoms with van der Waals surface area (Å²) in [6.45, 7) is 9.08. The zero-order valence-electron chi connectivity index (χ0n) is 76.4. The smallest absolute Gasteiger partial charge is 0.145 e. The maximum atomic E-state index is 7.94. The molecule has 648 valence electrons. The first-order chi connectivity index (χ1) is 62.6. The number of hydrogen-bond donors (Lipinski definition) is 0. The topological polar surface area (TPSA) is 73.8 Å². The highest BCUT2D eigenvalue weighted by atomic mass is 16.5. The van der Waals surface area contributed by atoms with Crippen LogP contribution in [-0.2, 0) is 108 Å². The number of hydrogen-bond acceptors (Lipinski definition) is 8. The summed E-state index contributed by atoms with van der Waals surface area (Å²) in [5.41, 5.74) is 22.0. The van der Waals surface area contributed by atoms with Crippen molar-refractivity contribution in [1.29, 1.82) is 0 Å². The average Bonchev–Trinajstić information content (AvgIpc) is 0.671. The monoisotopic (exact) mass is 1690 g/mol. The number of ether oxygens (including phenoxy) is 8. The van der Waals surface area contributed by atoms with E-state index in [0.29, 0.717) is 0 Å². The van der Waals surface area contributed by atoms with Crippen LogP contribution in [0.15, 0.2) is 364 Å². The van der Waals surface area contributed by atoms with Crippen LogP contribution in [0.4, 0.5) is 0 Å². The Morgan fingerprint density at radius 2 is 0.289 bits per heavy atom. The van der Waals surface area contributed by atoms with Gasteiger partial charge in [0.15, 0.2) is 0 Å². The highest BCUT2D eigenvalue weighted by Crippen LogP contribution is 2.67. The molecule has 0 unspecified atom stereocenters. The molecule has 0 amide bonds. The van der Waals surface area contributed by atoms with Gasteiger partial charge in [0.2, 0.25) is 0 Å². The summed E-state index contributed by atoms with van der Waals surface area (Å²) < 4.78 is 54.8. The van der Waals surface area contributed by atoms with Crippen LogP contribution in [0.5, 0.6) is 0 Å². The average molecular weight is 1690 g/mol. The first-order valence-corrected chi connectivity index (χ1v) is 46.0. The fourth-order valence-corrected chi connectivity index (χ4v) is 20.3. The molecule has 24 bridgehead atoms. The molecule has 0 saturated carbocycles. The van der Waals surface area contributed by atoms with Gasteiger partial charge in [0, 0.05) is 79.2 Å². The minimum Gasteiger partial charge on any atom is -0.365 e. The molecule has 50 rings (SSSR count). The van der Waals surface area contributed by atoms with E-state index in [1.54, 1.807) is 42.7 Å². The van der Waals surface area contributed by atoms with E-state index in [1.165, 1.54) is 22.3 Å². The van der Waals surface area contributed by atoms with Gasteiger partial charge in [-0.15, -0.1) is 0 Å². The van der Waals surface area contributed by atoms with Crippen LogP contribution in [-0.4, -0.2) is 56.9 Å². The van der Waals surface area contributed by atoms with Crippen LogP contribution in [0, 0.1) is 0 Å². The third-order valence-electron chi connectivity index (χ3n) is 28.2. The van der Waals surface area contributed by atoms with Crippen molar-refractivity contribution in [1.82, 2.24) is 0 Å². The fraction of sp³-hybridized carbons (Fsp3) is 0.267. The first-order valence-electron chi connectivity index (χ1n) is 46.0. The minimum atomic E-state index is -1.32. The van der Waals surface area contributed by atoms with E-state index in [0.717, 1.165) is 211 Å². The third-order valence-corrected chi connectivity index (χ3v) is 28.2. The van der Waals surface area contributed by atoms with Gasteiger partial charge in [0.25, 0.3) is 0 Å². The number of unbranched alkanes of at least 4 members (excludes halogenated alkanes) is 4. The standard InChI is InChI=1S/C120H120O8/c1-13-17-21-85-25-33-97(34-26-85)109-110(98-35-27-86(28-36-98)22-18-14-2)120(128-12)108-71-55-96(56-72-108)94-51-67-106(68-52-94)118(126-10)83-79-116(124-8,80-84-118)104-63-47-92(48-64-104)90-43-59-102(60-44-90)114(122-6)75-73-113(121-5,74-76-114)101-57-41-89(42-58-101)91-45-61-103(62-46-91)115(123-7)77-81-117(125-9,82-78-115)105-65-49-93(50-66-105)95-53-69-107(70-54-95)119(109,127-11)111(99-37-29-87(30-38-99)23-19-15-3)112(120)100-39-31-88(32-40-100)24-20-16-4/h25-84H,13-24H2,1-12H3. The van der Waals surface area contributed by atoms with E-state index >= 15 is 0 Å². The predicted molar refractivity (Wildman–Crippen MR) is 526 cm³/mol. The molecule has 0 N–H and O–H groups in total. The van der Waals surface area contributed by atoms with Crippen LogP contribution in [0.25, 0.3) is 66.8 Å². The molecule has 0 radical (unpaired) electrons. The van der Waals surface area contributed by atoms with Gasteiger partial charge >= 0.3 is 0 Å². The molecule has 0 fully saturated rings. The quantitative estimate of drug-likeness (QED) is 0.0554. The van der Waals surface area contributed by atoms with Crippen LogP contribution >= 0.6 is 0 Å². The largest absolute Gasteiger partial charge is 0.365 e. The molecule has 12 aromatic carbocycles. The van der Waals surface area contributed by atoms with Crippen molar-refractivity contribution in [3.63, 3.8) is 0 Å². The number of methoxy groups -OCH3 is 8. The molecule has 0 atom stereocenters. The fourth-order valence-electron chi connectivity index (χ4n) is 20.3. The lowest BCUT2D eigenvalue weighted by molar-refractivity contribution is 0.0421. The Hall–Kier alpha value is -11.8. The van der Waals surface area contributed by atoms with Gasteiger partial charge in [-0.2, -0.15) is 0 Å². The van der Waals surface area contributed by atoms with E-state index in [1.807, 2.05) is 14.2 Å². The summed E-state index contributed by atoms with van der Waals surface area (Å²) in [4.78, 5) is 0. The summed E-state index contributed by atoms with van der Waals surface area (Å²) in [6, 6.07) is 108. The summed E-state index contributed by atoms with van der Waals surface area (Å²) >= 11 is 0. The van der Waals surface area contributed by atoms with Crippen molar-refractivity contribution in [3.8, 4) is 44.5 Å². The molecule has 38 aliphatic carbocycles. The molecular formula is C120H120O8. The van der Waals surface area contributed by atoms with E-state index in [4.69, 9.17) is 37.9 Å². The molecule has 8 heteroatoms. The zero-order valence-corrected chi connectivity index (χ0v) is 76.4. The molecule has 0 saturated heterocycles. The second-order valence-corrected chi connectivity index (χ2v) is 35.1. The highest BCUT2D eigenvalue weighted by molar-refractivity contribution is 6.19. The van der Waals surface area contributed by atoms with Crippen LogP contribution < -0.4 is 0 Å². The molecule has 8 nitrogen and oxygen atoms in total. The summed E-state index contributed by atoms with van der Waals surface area (Å²) in [5, 5.41) is 0. The second-order valence-electron chi connectivity index (χ2n) is 35.1. The van der Waals surface area contributed by atoms with Crippen molar-refractivity contribution in [2.45, 2.75) is 150 Å². The van der Waals surface area contributed by atoms with Gasteiger partial charge in [-0.25, -0.2) is 0 Å². The second kappa shape index (κ2) is 37.5. The molecule has 0 heterocycles. The zero-order chi connectivity index (χ0) is 88.7. The molecule has 0 aliphatic heterocycles. The van der Waals surface area contributed by atoms with E-state index in [9.17, 15) is 0 Å². The van der Waals surface area contributed by atoms with Crippen molar-refractivity contribution in [3.05, 3.63) is 453 Å². The number of benzene rings is 12. The molecular weight excluding hydrogens is 1570 g/mol. The van der Waals surface area contributed by atoms with E-state index in [-0.39, 0.29) is 0 Å². The van der Waals surface area contributed by atoms with Crippen LogP contribution in [0.1, 0.15) is 168 Å². The van der Waals surface area contributed by atoms with Crippen molar-refractivity contribution in [2.24, 2.45) is 0 Å². The van der Waals surface area contributed by atoms with Gasteiger partial charge in [0.1, 0.15) is 44.8 Å². The Bertz CT molecular complexity index is 5580. The maximum absolute atomic E-state index is 7.94. The Kier molecular flexibility index (Phi) is 25.9. The molecule has 38 aliphatic rings. The highest BCUT2D eigenvalue weighted by Gasteiger charge is 2.58. The Morgan fingerprint density at radius 1 is 0.156 bits per heavy atom. The van der Waals surface area contributed by atoms with E-state index in [2.05, 4.69) is 392 Å². The minimum absolute atomic E-state index is 0.819. The SMILES string of the molecule is CCCCc1ccc(C2=C(c3ccc(CCCC)cc3)C3(OC)C(c4ccc(CCCC)cc4)=C(c4ccc(CCCC)cc4)C2(OC)c2ccc(cc2)-c2ccc(cc2)C2(OC)C=CC(OC)(C=C2)c2ccc(cc2)-c2ccc(cc2)C2(OC)C=CC(OC)(C=C2)c2ccc(cc2)-c2ccc(cc2)C2(OC)C=CC(OC)(C=C2)c2ccc(cc2)-c2ccc3cc2)cc1. The molecule has 0 spiro atoms. The van der Waals surface area contributed by atoms with Gasteiger partial charge in [0.05, 0.1) is 0 Å². The van der Waals surface area contributed by atoms with Crippen LogP contribution in [0.3, 0.4) is 0 Å². The first kappa shape index (κ1) is 88.3. The van der Waals surface area contributed by atoms with Crippen molar-refractivity contribution in [2.75, 3.05) is 56.9 Å². The van der Waals surface area contributed by atoms with Crippen LogP contribution in [0.2, 0.25) is 0 Å². The van der Waals surface area contributed by atoms with Gasteiger partial charge in [-0.05, 0) is 258 Å². The van der Waals surface area contributed by atoms with Gasteiger partial charge in [-0.3, -0.25) is 0 Å². The van der Waals surface area contributed by atoms with Gasteiger partial charge in [-0.1, -0.05) is 345 Å². The number of rotatable bonds is 24. The Morgan fingerprint density at radius 3 is 0.414 bits per heavy atom. The number of aryl methyl sites for hydroxylation is 4. The molecule has 0 aromatic heterocycles. The summed E-state index contributed by atoms with van der Waals surface area (Å²) in [6.07, 6.45) is 38.1. The lowest BCUT2D eigenvalue weighted by atomic mass is 9.58. The van der Waals surface area contributed by atoms with Crippen molar-refractivity contribution < 1.29 is 37.9 Å². The lowest BCUT2D eigenvalue weighted by Gasteiger charge is -2.52. The van der Waals surface area contributed by atoms with Crippen molar-refractivity contribution >= 4 is 22.3 Å². The van der Waals surface area contributed by atoms with Gasteiger partial charge < -0.3 is 37.9 Å². The maximum Gasteiger partial charge on any atom is 0.145 e. The van der Waals surface area contributed by atoms with E-state index < -0.39 is 44.8 Å². The summed E-state index contributed by atoms with van der Waals surface area (Å²) in [7, 11) is 14.5. The third kappa shape index (κ3) is 16.0. The molecule has 12 aromatic rings. The Labute approximate surface area is 759 Å². The predicted octanol–water partition coefficient (Wildman–Crippen LogP) is 28.2. The normalized spacial score (nSPS) is 23.2. The lowest BCUT2D eigenvalue weighted by Crippen LogP contribution is -2.45. The Balaban J connectivity index is 0.847. The summed E-state index contributed by atoms with van der Waals surface area (Å²) in [5.74, 6) is 0. The molecule has 128 heavy (non-hydrogen) atoms.